The van der Waals surface area contributed by atoms with Crippen molar-refractivity contribution in [1.29, 1.82) is 0 Å². The number of aromatic nitrogens is 3. The lowest BCUT2D eigenvalue weighted by Crippen LogP contribution is -2.43. The third-order valence-electron chi connectivity index (χ3n) is 8.58. The molecule has 1 fully saturated rings. The highest BCUT2D eigenvalue weighted by Crippen LogP contribution is 2.55. The van der Waals surface area contributed by atoms with Gasteiger partial charge in [-0.05, 0) is 65.2 Å². The number of fused-ring (bicyclic) bond motifs is 3. The van der Waals surface area contributed by atoms with Gasteiger partial charge in [-0.2, -0.15) is 0 Å². The maximum atomic E-state index is 13.7. The lowest BCUT2D eigenvalue weighted by Gasteiger charge is -2.39. The number of rotatable bonds is 8. The number of carbonyl (C=O) groups excluding carboxylic acids is 2. The van der Waals surface area contributed by atoms with E-state index in [1.54, 1.807) is 25.4 Å². The van der Waals surface area contributed by atoms with Gasteiger partial charge < -0.3 is 38.5 Å². The van der Waals surface area contributed by atoms with E-state index in [0.29, 0.717) is 40.2 Å². The molecule has 0 saturated carbocycles. The molecular formula is C32H30N4O9. The van der Waals surface area contributed by atoms with Crippen LogP contribution in [0.4, 0.5) is 0 Å². The minimum absolute atomic E-state index is 0.0630. The standard InChI is InChI=1S/C32H30N4O9/c1-39-18-7-5-17(6-8-18)36-13-22(34-35-36)31(37)33-29-20-12-24-23(44-15-45-24)11-19(20)27(28-21(29)14-43-32(28)38)16-9-25(40-2)30(42-4)26(10-16)41-3/h5-13,21,27-29H,14-15H2,1-4H3,(H,33,37)/t21-,27+,28-,29-/m0/s1. The topological polar surface area (TPSA) is 141 Å². The fourth-order valence-corrected chi connectivity index (χ4v) is 6.47. The Morgan fingerprint density at radius 3 is 2.22 bits per heavy atom. The molecule has 3 aliphatic rings. The molecule has 1 amide bonds. The van der Waals surface area contributed by atoms with Gasteiger partial charge >= 0.3 is 5.97 Å². The highest BCUT2D eigenvalue weighted by atomic mass is 16.7. The zero-order valence-electron chi connectivity index (χ0n) is 24.9. The second-order valence-electron chi connectivity index (χ2n) is 10.8. The molecule has 1 aliphatic carbocycles. The van der Waals surface area contributed by atoms with Crippen LogP contribution in [0.2, 0.25) is 0 Å². The number of amides is 1. The van der Waals surface area contributed by atoms with Crippen LogP contribution in [0.1, 0.15) is 39.1 Å². The molecule has 2 aliphatic heterocycles. The summed E-state index contributed by atoms with van der Waals surface area (Å²) in [5, 5.41) is 11.4. The summed E-state index contributed by atoms with van der Waals surface area (Å²) in [6, 6.07) is 14.0. The molecule has 4 atom stereocenters. The zero-order valence-corrected chi connectivity index (χ0v) is 24.9. The second kappa shape index (κ2) is 11.2. The number of nitrogens with one attached hydrogen (secondary N) is 1. The largest absolute Gasteiger partial charge is 0.497 e. The van der Waals surface area contributed by atoms with Gasteiger partial charge in [0.25, 0.3) is 5.91 Å². The molecule has 0 radical (unpaired) electrons. The quantitative estimate of drug-likeness (QED) is 0.292. The summed E-state index contributed by atoms with van der Waals surface area (Å²) in [5.74, 6) is 0.780. The first-order chi connectivity index (χ1) is 21.9. The minimum Gasteiger partial charge on any atom is -0.497 e. The summed E-state index contributed by atoms with van der Waals surface area (Å²) < 4.78 is 40.7. The molecule has 3 aromatic carbocycles. The van der Waals surface area contributed by atoms with Crippen molar-refractivity contribution in [3.8, 4) is 40.2 Å². The fourth-order valence-electron chi connectivity index (χ4n) is 6.47. The van der Waals surface area contributed by atoms with E-state index in [1.165, 1.54) is 26.0 Å². The number of methoxy groups -OCH3 is 4. The Balaban J connectivity index is 1.29. The van der Waals surface area contributed by atoms with Gasteiger partial charge in [0, 0.05) is 11.8 Å². The van der Waals surface area contributed by atoms with Crippen molar-refractivity contribution < 1.29 is 42.7 Å². The fraction of sp³-hybridized carbons (Fsp3) is 0.312. The highest BCUT2D eigenvalue weighted by molar-refractivity contribution is 5.92. The summed E-state index contributed by atoms with van der Waals surface area (Å²) >= 11 is 0. The number of carbonyl (C=O) groups is 2. The van der Waals surface area contributed by atoms with Crippen molar-refractivity contribution in [1.82, 2.24) is 20.3 Å². The molecule has 4 aromatic rings. The summed E-state index contributed by atoms with van der Waals surface area (Å²) in [6.45, 7) is 0.176. The predicted octanol–water partition coefficient (Wildman–Crippen LogP) is 3.44. The summed E-state index contributed by atoms with van der Waals surface area (Å²) in [5.41, 5.74) is 3.13. The van der Waals surface area contributed by atoms with E-state index in [1.807, 2.05) is 36.4 Å². The normalized spacial score (nSPS) is 20.9. The van der Waals surface area contributed by atoms with Crippen LogP contribution in [-0.2, 0) is 9.53 Å². The van der Waals surface area contributed by atoms with E-state index >= 15 is 0 Å². The monoisotopic (exact) mass is 614 g/mol. The second-order valence-corrected chi connectivity index (χ2v) is 10.8. The highest BCUT2D eigenvalue weighted by Gasteiger charge is 2.53. The third-order valence-corrected chi connectivity index (χ3v) is 8.58. The van der Waals surface area contributed by atoms with Gasteiger partial charge in [-0.25, -0.2) is 4.68 Å². The molecule has 0 bridgehead atoms. The van der Waals surface area contributed by atoms with Gasteiger partial charge in [0.15, 0.2) is 28.7 Å². The Hall–Kier alpha value is -5.46. The van der Waals surface area contributed by atoms with Crippen LogP contribution >= 0.6 is 0 Å². The molecule has 232 valence electrons. The Labute approximate surface area is 257 Å². The van der Waals surface area contributed by atoms with Crippen molar-refractivity contribution in [2.75, 3.05) is 41.8 Å². The summed E-state index contributed by atoms with van der Waals surface area (Å²) in [7, 11) is 6.20. The van der Waals surface area contributed by atoms with Crippen molar-refractivity contribution in [3.63, 3.8) is 0 Å². The average molecular weight is 615 g/mol. The van der Waals surface area contributed by atoms with Gasteiger partial charge in [0.05, 0.1) is 58.9 Å². The number of hydrogen-bond donors (Lipinski definition) is 1. The van der Waals surface area contributed by atoms with Gasteiger partial charge in [-0.3, -0.25) is 9.59 Å². The number of hydrogen-bond acceptors (Lipinski definition) is 11. The number of esters is 1. The van der Waals surface area contributed by atoms with Crippen LogP contribution in [0.25, 0.3) is 5.69 Å². The van der Waals surface area contributed by atoms with Crippen molar-refractivity contribution >= 4 is 11.9 Å². The number of nitrogens with zero attached hydrogens (tertiary/aromatic N) is 3. The Morgan fingerprint density at radius 1 is 0.889 bits per heavy atom. The maximum Gasteiger partial charge on any atom is 0.310 e. The molecule has 1 saturated heterocycles. The first-order valence-corrected chi connectivity index (χ1v) is 14.2. The van der Waals surface area contributed by atoms with Gasteiger partial charge in [0.2, 0.25) is 12.5 Å². The van der Waals surface area contributed by atoms with Gasteiger partial charge in [0.1, 0.15) is 5.75 Å². The van der Waals surface area contributed by atoms with Gasteiger partial charge in [-0.1, -0.05) is 5.21 Å². The molecule has 3 heterocycles. The van der Waals surface area contributed by atoms with Crippen molar-refractivity contribution in [2.24, 2.45) is 11.8 Å². The van der Waals surface area contributed by atoms with Crippen LogP contribution in [0.5, 0.6) is 34.5 Å². The Kier molecular flexibility index (Phi) is 7.07. The zero-order chi connectivity index (χ0) is 31.2. The predicted molar refractivity (Wildman–Crippen MR) is 157 cm³/mol. The van der Waals surface area contributed by atoms with E-state index in [-0.39, 0.29) is 25.1 Å². The smallest absolute Gasteiger partial charge is 0.310 e. The van der Waals surface area contributed by atoms with E-state index in [2.05, 4.69) is 15.6 Å². The molecule has 7 rings (SSSR count). The van der Waals surface area contributed by atoms with Gasteiger partial charge in [-0.15, -0.1) is 5.10 Å². The summed E-state index contributed by atoms with van der Waals surface area (Å²) in [4.78, 5) is 27.1. The third kappa shape index (κ3) is 4.71. The molecule has 0 spiro atoms. The maximum absolute atomic E-state index is 13.7. The molecule has 1 N–H and O–H groups in total. The average Bonchev–Trinajstić information content (AvgIpc) is 3.84. The van der Waals surface area contributed by atoms with E-state index < -0.39 is 29.7 Å². The first-order valence-electron chi connectivity index (χ1n) is 14.2. The SMILES string of the molecule is COc1ccc(-n2cc(C(=O)N[C@H]3c4cc5c(cc4[C@@H](c4cc(OC)c(OC)c(OC)c4)[C@H]4C(=O)OC[C@@H]43)OCO5)nn2)cc1. The van der Waals surface area contributed by atoms with Crippen LogP contribution < -0.4 is 33.7 Å². The lowest BCUT2D eigenvalue weighted by molar-refractivity contribution is -0.141. The molecule has 0 unspecified atom stereocenters. The van der Waals surface area contributed by atoms with E-state index in [9.17, 15) is 9.59 Å². The molecule has 1 aromatic heterocycles. The molecule has 13 heteroatoms. The van der Waals surface area contributed by atoms with Crippen LogP contribution in [-0.4, -0.2) is 68.7 Å². The minimum atomic E-state index is -0.638. The van der Waals surface area contributed by atoms with Crippen LogP contribution in [0.3, 0.4) is 0 Å². The van der Waals surface area contributed by atoms with Crippen molar-refractivity contribution in [2.45, 2.75) is 12.0 Å². The molecule has 13 nitrogen and oxygen atoms in total. The number of benzene rings is 3. The first kappa shape index (κ1) is 28.3. The van der Waals surface area contributed by atoms with Crippen molar-refractivity contribution in [3.05, 3.63) is 77.1 Å². The van der Waals surface area contributed by atoms with Crippen LogP contribution in [0, 0.1) is 11.8 Å². The van der Waals surface area contributed by atoms with E-state index in [4.69, 9.17) is 33.2 Å². The Bertz CT molecular complexity index is 1760. The summed E-state index contributed by atoms with van der Waals surface area (Å²) in [6.07, 6.45) is 1.55. The van der Waals surface area contributed by atoms with E-state index in [0.717, 1.165) is 16.7 Å². The molecule has 45 heavy (non-hydrogen) atoms. The number of cyclic esters (lactones) is 1. The lowest BCUT2D eigenvalue weighted by atomic mass is 9.65. The molecular weight excluding hydrogens is 584 g/mol. The van der Waals surface area contributed by atoms with Crippen LogP contribution in [0.15, 0.2) is 54.7 Å². The number of ether oxygens (including phenoxy) is 7. The Morgan fingerprint density at radius 2 is 1.58 bits per heavy atom.